The van der Waals surface area contributed by atoms with Gasteiger partial charge in [0.05, 0.1) is 21.3 Å². The van der Waals surface area contributed by atoms with E-state index in [0.29, 0.717) is 5.02 Å². The van der Waals surface area contributed by atoms with E-state index in [2.05, 4.69) is 4.74 Å². The van der Waals surface area contributed by atoms with Gasteiger partial charge < -0.3 is 14.8 Å². The molecule has 0 aliphatic carbocycles. The van der Waals surface area contributed by atoms with Crippen molar-refractivity contribution in [2.75, 3.05) is 18.5 Å². The number of alkyl halides is 3. The quantitative estimate of drug-likeness (QED) is 0.605. The Balaban J connectivity index is 1.90. The van der Waals surface area contributed by atoms with E-state index in [1.54, 1.807) is 0 Å². The molecule has 28 heavy (non-hydrogen) atoms. The number of anilines is 1. The maximum atomic E-state index is 13.0. The summed E-state index contributed by atoms with van der Waals surface area (Å²) in [4.78, 5) is 23.5. The van der Waals surface area contributed by atoms with Crippen LogP contribution in [0, 0.1) is 0 Å². The number of carbonyl (C=O) groups is 2. The lowest BCUT2D eigenvalue weighted by Gasteiger charge is -2.15. The maximum absolute atomic E-state index is 13.0. The van der Waals surface area contributed by atoms with Gasteiger partial charge >= 0.3 is 12.1 Å². The van der Waals surface area contributed by atoms with Crippen LogP contribution in [0.5, 0.6) is 5.75 Å². The van der Waals surface area contributed by atoms with Crippen molar-refractivity contribution in [3.8, 4) is 5.75 Å². The fourth-order valence-electron chi connectivity index (χ4n) is 1.98. The summed E-state index contributed by atoms with van der Waals surface area (Å²) in [6, 6.07) is 7.36. The Morgan fingerprint density at radius 3 is 2.36 bits per heavy atom. The third-order valence-electron chi connectivity index (χ3n) is 3.19. The van der Waals surface area contributed by atoms with Crippen LogP contribution in [0.1, 0.15) is 5.56 Å². The number of hydrogen-bond donors (Lipinski definition) is 1. The van der Waals surface area contributed by atoms with Gasteiger partial charge in [0, 0.05) is 5.02 Å². The van der Waals surface area contributed by atoms with Gasteiger partial charge in [-0.1, -0.05) is 40.9 Å². The highest BCUT2D eigenvalue weighted by Gasteiger charge is 2.34. The van der Waals surface area contributed by atoms with Crippen LogP contribution in [0.2, 0.25) is 15.1 Å². The molecular weight excluding hydrogens is 446 g/mol. The SMILES string of the molecule is O=C(COC(=O)COc1ccc(Cl)cc1Cl)Nc1c(Cl)cccc1C(F)(F)F. The Morgan fingerprint density at radius 1 is 1.00 bits per heavy atom. The Kier molecular flexibility index (Phi) is 7.40. The summed E-state index contributed by atoms with van der Waals surface area (Å²) >= 11 is 17.3. The van der Waals surface area contributed by atoms with Crippen LogP contribution in [0.3, 0.4) is 0 Å². The van der Waals surface area contributed by atoms with E-state index >= 15 is 0 Å². The minimum absolute atomic E-state index is 0.163. The lowest BCUT2D eigenvalue weighted by Crippen LogP contribution is -2.25. The molecule has 2 aromatic carbocycles. The van der Waals surface area contributed by atoms with Crippen LogP contribution in [0.4, 0.5) is 18.9 Å². The van der Waals surface area contributed by atoms with E-state index in [1.807, 2.05) is 5.32 Å². The average Bonchev–Trinajstić information content (AvgIpc) is 2.60. The molecule has 1 N–H and O–H groups in total. The van der Waals surface area contributed by atoms with Gasteiger partial charge in [-0.15, -0.1) is 0 Å². The van der Waals surface area contributed by atoms with E-state index in [9.17, 15) is 22.8 Å². The van der Waals surface area contributed by atoms with Crippen LogP contribution < -0.4 is 10.1 Å². The minimum Gasteiger partial charge on any atom is -0.480 e. The fourth-order valence-corrected chi connectivity index (χ4v) is 2.66. The van der Waals surface area contributed by atoms with Crippen molar-refractivity contribution < 1.29 is 32.2 Å². The predicted octanol–water partition coefficient (Wildman–Crippen LogP) is 5.23. The summed E-state index contributed by atoms with van der Waals surface area (Å²) in [5.41, 5.74) is -1.75. The lowest BCUT2D eigenvalue weighted by molar-refractivity contribution is -0.149. The van der Waals surface area contributed by atoms with Crippen molar-refractivity contribution in [2.45, 2.75) is 6.18 Å². The van der Waals surface area contributed by atoms with Crippen LogP contribution in [-0.4, -0.2) is 25.1 Å². The number of rotatable bonds is 6. The molecule has 0 unspecified atom stereocenters. The normalized spacial score (nSPS) is 11.1. The van der Waals surface area contributed by atoms with Gasteiger partial charge in [0.15, 0.2) is 13.2 Å². The minimum atomic E-state index is -4.73. The number of benzene rings is 2. The van der Waals surface area contributed by atoms with E-state index in [-0.39, 0.29) is 15.8 Å². The number of esters is 1. The Morgan fingerprint density at radius 2 is 1.71 bits per heavy atom. The maximum Gasteiger partial charge on any atom is 0.418 e. The first-order valence-corrected chi connectivity index (χ1v) is 8.60. The number of carbonyl (C=O) groups excluding carboxylic acids is 2. The summed E-state index contributed by atoms with van der Waals surface area (Å²) in [5, 5.41) is 2.21. The van der Waals surface area contributed by atoms with Crippen LogP contribution in [-0.2, 0) is 20.5 Å². The van der Waals surface area contributed by atoms with Gasteiger partial charge in [0.25, 0.3) is 5.91 Å². The van der Waals surface area contributed by atoms with E-state index in [0.717, 1.165) is 12.1 Å². The van der Waals surface area contributed by atoms with Gasteiger partial charge in [0.2, 0.25) is 0 Å². The van der Waals surface area contributed by atoms with Gasteiger partial charge in [-0.3, -0.25) is 4.79 Å². The van der Waals surface area contributed by atoms with Crippen molar-refractivity contribution >= 4 is 52.4 Å². The molecule has 11 heteroatoms. The molecule has 0 saturated heterocycles. The van der Waals surface area contributed by atoms with Crippen LogP contribution in [0.15, 0.2) is 36.4 Å². The third-order valence-corrected chi connectivity index (χ3v) is 4.03. The zero-order valence-corrected chi connectivity index (χ0v) is 16.0. The first kappa shape index (κ1) is 22.1. The highest BCUT2D eigenvalue weighted by molar-refractivity contribution is 6.35. The monoisotopic (exact) mass is 455 g/mol. The Hall–Kier alpha value is -2.16. The summed E-state index contributed by atoms with van der Waals surface area (Å²) in [6.45, 7) is -1.41. The highest BCUT2D eigenvalue weighted by Crippen LogP contribution is 2.38. The van der Waals surface area contributed by atoms with Crippen molar-refractivity contribution in [2.24, 2.45) is 0 Å². The van der Waals surface area contributed by atoms with Crippen molar-refractivity contribution in [3.05, 3.63) is 57.0 Å². The molecule has 1 amide bonds. The van der Waals surface area contributed by atoms with Crippen LogP contribution in [0.25, 0.3) is 0 Å². The largest absolute Gasteiger partial charge is 0.480 e. The van der Waals surface area contributed by atoms with E-state index in [4.69, 9.17) is 39.5 Å². The molecule has 0 aromatic heterocycles. The molecule has 0 aliphatic rings. The lowest BCUT2D eigenvalue weighted by atomic mass is 10.1. The smallest absolute Gasteiger partial charge is 0.418 e. The van der Waals surface area contributed by atoms with E-state index in [1.165, 1.54) is 24.3 Å². The topological polar surface area (TPSA) is 64.6 Å². The number of nitrogens with one attached hydrogen (secondary N) is 1. The second-order valence-corrected chi connectivity index (χ2v) is 6.48. The van der Waals surface area contributed by atoms with Crippen molar-refractivity contribution in [3.63, 3.8) is 0 Å². The molecule has 0 aliphatic heterocycles. The van der Waals surface area contributed by atoms with E-state index < -0.39 is 42.5 Å². The molecule has 0 spiro atoms. The summed E-state index contributed by atoms with van der Waals surface area (Å²) in [5.74, 6) is -1.77. The molecule has 0 saturated carbocycles. The zero-order valence-electron chi connectivity index (χ0n) is 13.8. The molecule has 0 heterocycles. The average molecular weight is 457 g/mol. The number of hydrogen-bond acceptors (Lipinski definition) is 4. The van der Waals surface area contributed by atoms with Gasteiger partial charge in [0.1, 0.15) is 5.75 Å². The number of halogens is 6. The number of ether oxygens (including phenoxy) is 2. The molecule has 0 radical (unpaired) electrons. The van der Waals surface area contributed by atoms with Crippen LogP contribution >= 0.6 is 34.8 Å². The highest BCUT2D eigenvalue weighted by atomic mass is 35.5. The van der Waals surface area contributed by atoms with Crippen molar-refractivity contribution in [1.29, 1.82) is 0 Å². The van der Waals surface area contributed by atoms with Gasteiger partial charge in [-0.25, -0.2) is 4.79 Å². The Labute approximate surface area is 172 Å². The van der Waals surface area contributed by atoms with Crippen molar-refractivity contribution in [1.82, 2.24) is 0 Å². The first-order valence-electron chi connectivity index (χ1n) is 7.47. The second-order valence-electron chi connectivity index (χ2n) is 5.23. The summed E-state index contributed by atoms with van der Waals surface area (Å²) in [7, 11) is 0. The molecule has 150 valence electrons. The molecule has 0 fully saturated rings. The zero-order chi connectivity index (χ0) is 20.9. The second kappa shape index (κ2) is 9.36. The summed E-state index contributed by atoms with van der Waals surface area (Å²) < 4.78 is 48.7. The third kappa shape index (κ3) is 6.19. The molecule has 2 rings (SSSR count). The standard InChI is InChI=1S/C17H11Cl3F3NO4/c18-9-4-5-13(12(20)6-9)27-8-15(26)28-7-14(25)24-16-10(17(21,22)23)2-1-3-11(16)19/h1-6H,7-8H2,(H,24,25). The molecule has 5 nitrogen and oxygen atoms in total. The fraction of sp³-hybridized carbons (Fsp3) is 0.176. The molecule has 0 atom stereocenters. The molecule has 0 bridgehead atoms. The molecular formula is C17H11Cl3F3NO4. The first-order chi connectivity index (χ1) is 13.1. The predicted molar refractivity (Wildman–Crippen MR) is 98.0 cm³/mol. The summed E-state index contributed by atoms with van der Waals surface area (Å²) in [6.07, 6.45) is -4.73. The number of para-hydroxylation sites is 1. The van der Waals surface area contributed by atoms with Gasteiger partial charge in [-0.2, -0.15) is 13.2 Å². The van der Waals surface area contributed by atoms with Gasteiger partial charge in [-0.05, 0) is 30.3 Å². The number of amides is 1. The Bertz CT molecular complexity index is 890. The molecule has 2 aromatic rings.